The molecule has 0 bridgehead atoms. The lowest BCUT2D eigenvalue weighted by atomic mass is 9.49. The molecule has 0 aromatic heterocycles. The van der Waals surface area contributed by atoms with E-state index in [9.17, 15) is 0 Å². The number of rotatable bonds is 12. The summed E-state index contributed by atoms with van der Waals surface area (Å²) in [7, 11) is 0. The molecule has 0 atom stereocenters. The summed E-state index contributed by atoms with van der Waals surface area (Å²) in [6.45, 7) is 25.9. The van der Waals surface area contributed by atoms with E-state index in [1.54, 1.807) is 0 Å². The number of hydrogen-bond acceptors (Lipinski definition) is 2. The van der Waals surface area contributed by atoms with Crippen molar-refractivity contribution in [1.29, 1.82) is 0 Å². The van der Waals surface area contributed by atoms with Crippen LogP contribution in [0.4, 0.5) is 0 Å². The van der Waals surface area contributed by atoms with Gasteiger partial charge in [0.05, 0.1) is 0 Å². The van der Waals surface area contributed by atoms with Crippen molar-refractivity contribution in [3.63, 3.8) is 0 Å². The van der Waals surface area contributed by atoms with Gasteiger partial charge in [0.1, 0.15) is 0 Å². The van der Waals surface area contributed by atoms with Gasteiger partial charge < -0.3 is 9.80 Å². The predicted molar refractivity (Wildman–Crippen MR) is 157 cm³/mol. The number of nitrogens with zero attached hydrogens (tertiary/aromatic N) is 2. The van der Waals surface area contributed by atoms with Crippen LogP contribution in [0.2, 0.25) is 27.3 Å². The van der Waals surface area contributed by atoms with Gasteiger partial charge >= 0.3 is 0 Å². The van der Waals surface area contributed by atoms with Crippen LogP contribution in [0, 0.1) is 0 Å². The Hall–Kier alpha value is -2.03. The molecule has 0 N–H and O–H groups in total. The number of benzene rings is 2. The fourth-order valence-electron chi connectivity index (χ4n) is 4.76. The highest BCUT2D eigenvalue weighted by atomic mass is 15.3. The quantitative estimate of drug-likeness (QED) is 0.390. The van der Waals surface area contributed by atoms with Crippen molar-refractivity contribution in [3.8, 4) is 0 Å². The van der Waals surface area contributed by atoms with E-state index >= 15 is 0 Å². The summed E-state index contributed by atoms with van der Waals surface area (Å²) < 4.78 is 0. The highest BCUT2D eigenvalue weighted by molar-refractivity contribution is 6.71. The van der Waals surface area contributed by atoms with E-state index in [1.807, 2.05) is 0 Å². The van der Waals surface area contributed by atoms with Crippen LogP contribution in [-0.2, 0) is 0 Å². The molecule has 2 aromatic carbocycles. The van der Waals surface area contributed by atoms with Crippen LogP contribution in [0.3, 0.4) is 0 Å². The molecule has 0 spiro atoms. The molecular weight excluding hydrogens is 410 g/mol. The first kappa shape index (κ1) is 26.6. The Bertz CT molecular complexity index is 830. The minimum atomic E-state index is 0.585. The van der Waals surface area contributed by atoms with Crippen LogP contribution in [0.15, 0.2) is 61.7 Å². The lowest BCUT2D eigenvalue weighted by Gasteiger charge is -2.34. The van der Waals surface area contributed by atoms with Gasteiger partial charge in [-0.05, 0) is 61.0 Å². The molecule has 0 unspecified atom stereocenters. The third-order valence-corrected chi connectivity index (χ3v) is 7.34. The van der Waals surface area contributed by atoms with Gasteiger partial charge in [-0.25, -0.2) is 0 Å². The minimum Gasteiger partial charge on any atom is -0.301 e. The van der Waals surface area contributed by atoms with Crippen LogP contribution in [-0.4, -0.2) is 62.5 Å². The van der Waals surface area contributed by atoms with E-state index in [2.05, 4.69) is 98.8 Å². The van der Waals surface area contributed by atoms with Crippen molar-refractivity contribution in [2.45, 2.75) is 53.0 Å². The molecule has 0 radical (unpaired) electrons. The summed E-state index contributed by atoms with van der Waals surface area (Å²) in [6.07, 6.45) is 4.56. The number of hydrogen-bond donors (Lipinski definition) is 0. The summed E-state index contributed by atoms with van der Waals surface area (Å²) in [4.78, 5) is 5.25. The molecule has 4 heteroatoms. The number of allylic oxidation sites excluding steroid dienone is 2. The third kappa shape index (κ3) is 8.03. The van der Waals surface area contributed by atoms with Gasteiger partial charge in [0.2, 0.25) is 0 Å². The average Bonchev–Trinajstić information content (AvgIpc) is 2.85. The van der Waals surface area contributed by atoms with Crippen LogP contribution in [0.5, 0.6) is 0 Å². The molecule has 0 aliphatic carbocycles. The van der Waals surface area contributed by atoms with E-state index in [0.717, 1.165) is 12.8 Å². The van der Waals surface area contributed by atoms with Gasteiger partial charge in [-0.15, -0.1) is 0 Å². The molecule has 0 amide bonds. The van der Waals surface area contributed by atoms with Crippen molar-refractivity contribution in [2.24, 2.45) is 0 Å². The van der Waals surface area contributed by atoms with Crippen LogP contribution < -0.4 is 10.9 Å². The maximum absolute atomic E-state index is 4.34. The highest BCUT2D eigenvalue weighted by Gasteiger charge is 2.16. The molecule has 3 rings (SSSR count). The molecule has 0 saturated carbocycles. The zero-order valence-electron chi connectivity index (χ0n) is 22.2. The standard InChI is InChI=1S/C30H44B2N2/c1-25(27-11-15-29(16-12-27)31(3)4)9-7-19-33-21-23-34(24-22-33)20-8-10-26(2)28-13-17-30(18-14-28)32(5)6/h11-18H,1-2,7-10,19-24H2,3-6H3. The topological polar surface area (TPSA) is 6.48 Å². The SMILES string of the molecule is C=C(CCCN1CCN(CCCC(=C)c2ccc(B(C)C)cc2)CC1)c1ccc(B(C)C)cc1. The van der Waals surface area contributed by atoms with E-state index in [-0.39, 0.29) is 0 Å². The average molecular weight is 454 g/mol. The summed E-state index contributed by atoms with van der Waals surface area (Å²) in [5.74, 6) is 0. The number of piperazine rings is 1. The molecule has 1 fully saturated rings. The Morgan fingerprint density at radius 1 is 0.618 bits per heavy atom. The molecule has 34 heavy (non-hydrogen) atoms. The van der Waals surface area contributed by atoms with Gasteiger partial charge in [0.15, 0.2) is 13.4 Å². The molecule has 1 aliphatic heterocycles. The monoisotopic (exact) mass is 454 g/mol. The Labute approximate surface area is 210 Å². The zero-order chi connectivity index (χ0) is 24.5. The van der Waals surface area contributed by atoms with Crippen molar-refractivity contribution in [1.82, 2.24) is 9.80 Å². The van der Waals surface area contributed by atoms with E-state index in [0.29, 0.717) is 13.4 Å². The molecular formula is C30H44B2N2. The lowest BCUT2D eigenvalue weighted by Crippen LogP contribution is -2.46. The molecule has 2 nitrogen and oxygen atoms in total. The maximum atomic E-state index is 4.34. The predicted octanol–water partition coefficient (Wildman–Crippen LogP) is 5.51. The van der Waals surface area contributed by atoms with Crippen molar-refractivity contribution >= 4 is 35.5 Å². The summed E-state index contributed by atoms with van der Waals surface area (Å²) in [5.41, 5.74) is 7.94. The van der Waals surface area contributed by atoms with Gasteiger partial charge in [0.25, 0.3) is 0 Å². The summed E-state index contributed by atoms with van der Waals surface area (Å²) in [5, 5.41) is 0. The van der Waals surface area contributed by atoms with E-state index in [4.69, 9.17) is 0 Å². The molecule has 1 aliphatic rings. The van der Waals surface area contributed by atoms with Crippen LogP contribution >= 0.6 is 0 Å². The first-order chi connectivity index (χ1) is 16.3. The van der Waals surface area contributed by atoms with Crippen molar-refractivity contribution in [3.05, 3.63) is 72.8 Å². The van der Waals surface area contributed by atoms with Gasteiger partial charge in [0, 0.05) is 26.2 Å². The zero-order valence-corrected chi connectivity index (χ0v) is 22.2. The van der Waals surface area contributed by atoms with Gasteiger partial charge in [-0.3, -0.25) is 0 Å². The first-order valence-corrected chi connectivity index (χ1v) is 13.3. The van der Waals surface area contributed by atoms with E-state index < -0.39 is 0 Å². The van der Waals surface area contributed by atoms with Crippen molar-refractivity contribution in [2.75, 3.05) is 39.3 Å². The lowest BCUT2D eigenvalue weighted by molar-refractivity contribution is 0.131. The van der Waals surface area contributed by atoms with Crippen LogP contribution in [0.1, 0.15) is 36.8 Å². The highest BCUT2D eigenvalue weighted by Crippen LogP contribution is 2.19. The van der Waals surface area contributed by atoms with Gasteiger partial charge in [-0.1, -0.05) is 99.9 Å². The Kier molecular flexibility index (Phi) is 10.3. The fourth-order valence-corrected chi connectivity index (χ4v) is 4.76. The smallest absolute Gasteiger partial charge is 0.169 e. The Morgan fingerprint density at radius 2 is 0.941 bits per heavy atom. The largest absolute Gasteiger partial charge is 0.301 e. The second-order valence-corrected chi connectivity index (χ2v) is 10.7. The normalized spacial score (nSPS) is 14.7. The van der Waals surface area contributed by atoms with Crippen LogP contribution in [0.25, 0.3) is 11.1 Å². The first-order valence-electron chi connectivity index (χ1n) is 13.3. The van der Waals surface area contributed by atoms with Gasteiger partial charge in [-0.2, -0.15) is 0 Å². The molecule has 1 saturated heterocycles. The Morgan fingerprint density at radius 3 is 1.24 bits per heavy atom. The second kappa shape index (κ2) is 13.2. The summed E-state index contributed by atoms with van der Waals surface area (Å²) in [6, 6.07) is 18.0. The molecule has 2 aromatic rings. The molecule has 1 heterocycles. The molecule has 180 valence electrons. The second-order valence-electron chi connectivity index (χ2n) is 10.7. The van der Waals surface area contributed by atoms with E-state index in [1.165, 1.54) is 85.3 Å². The Balaban J connectivity index is 1.29. The fraction of sp³-hybridized carbons (Fsp3) is 0.467. The third-order valence-electron chi connectivity index (χ3n) is 7.34. The minimum absolute atomic E-state index is 0.585. The maximum Gasteiger partial charge on any atom is 0.169 e. The van der Waals surface area contributed by atoms with Crippen molar-refractivity contribution < 1.29 is 0 Å². The summed E-state index contributed by atoms with van der Waals surface area (Å²) >= 11 is 0.